The van der Waals surface area contributed by atoms with Gasteiger partial charge in [0.1, 0.15) is 15.8 Å². The highest BCUT2D eigenvalue weighted by Crippen LogP contribution is 2.52. The van der Waals surface area contributed by atoms with Crippen molar-refractivity contribution in [3.05, 3.63) is 37.3 Å². The highest BCUT2D eigenvalue weighted by atomic mass is 35.5. The van der Waals surface area contributed by atoms with Crippen molar-refractivity contribution in [3.8, 4) is 28.7 Å². The first kappa shape index (κ1) is 22.1. The van der Waals surface area contributed by atoms with E-state index in [0.717, 1.165) is 12.8 Å². The van der Waals surface area contributed by atoms with Crippen LogP contribution in [0.5, 0.6) is 28.7 Å². The molecule has 27 heavy (non-hydrogen) atoms. The number of ether oxygens (including phenoxy) is 2. The van der Waals surface area contributed by atoms with Gasteiger partial charge in [0.2, 0.25) is 0 Å². The Morgan fingerprint density at radius 1 is 0.815 bits per heavy atom. The van der Waals surface area contributed by atoms with Gasteiger partial charge in [-0.2, -0.15) is 0 Å². The summed E-state index contributed by atoms with van der Waals surface area (Å²) in [5.41, 5.74) is 1.23. The van der Waals surface area contributed by atoms with Crippen LogP contribution in [0.15, 0.2) is 6.07 Å². The van der Waals surface area contributed by atoms with Crippen LogP contribution in [0.1, 0.15) is 37.8 Å². The fourth-order valence-corrected chi connectivity index (χ4v) is 3.79. The van der Waals surface area contributed by atoms with Gasteiger partial charge in [-0.1, -0.05) is 73.1 Å². The van der Waals surface area contributed by atoms with Crippen LogP contribution in [0, 0.1) is 0 Å². The molecule has 0 aliphatic carbocycles. The molecule has 0 aliphatic rings. The number of aromatic hydroxyl groups is 2. The Morgan fingerprint density at radius 2 is 1.41 bits per heavy atom. The predicted octanol–water partition coefficient (Wildman–Crippen LogP) is 7.42. The van der Waals surface area contributed by atoms with E-state index in [1.807, 2.05) is 13.8 Å². The lowest BCUT2D eigenvalue weighted by Gasteiger charge is -2.20. The van der Waals surface area contributed by atoms with Gasteiger partial charge in [0.15, 0.2) is 23.0 Å². The zero-order valence-electron chi connectivity index (χ0n) is 15.1. The molecule has 2 N–H and O–H groups in total. The van der Waals surface area contributed by atoms with Crippen molar-refractivity contribution in [2.45, 2.75) is 39.5 Å². The van der Waals surface area contributed by atoms with E-state index >= 15 is 0 Å². The van der Waals surface area contributed by atoms with Gasteiger partial charge in [-0.15, -0.1) is 0 Å². The summed E-state index contributed by atoms with van der Waals surface area (Å²) in [6.07, 6.45) is 2.70. The molecular formula is C19H20Cl4O4. The van der Waals surface area contributed by atoms with Crippen LogP contribution in [-0.4, -0.2) is 17.3 Å². The number of methoxy groups -OCH3 is 1. The second-order valence-corrected chi connectivity index (χ2v) is 7.44. The number of halogens is 4. The first-order valence-corrected chi connectivity index (χ1v) is 9.93. The van der Waals surface area contributed by atoms with Crippen LogP contribution in [0.3, 0.4) is 0 Å². The van der Waals surface area contributed by atoms with E-state index in [9.17, 15) is 10.2 Å². The summed E-state index contributed by atoms with van der Waals surface area (Å²) in [5, 5.41) is 20.6. The molecule has 0 aliphatic heterocycles. The second kappa shape index (κ2) is 9.33. The van der Waals surface area contributed by atoms with E-state index < -0.39 is 0 Å². The number of hydrogen-bond donors (Lipinski definition) is 2. The summed E-state index contributed by atoms with van der Waals surface area (Å²) < 4.78 is 11.3. The molecule has 2 aromatic carbocycles. The summed E-state index contributed by atoms with van der Waals surface area (Å²) in [6, 6.07) is 1.66. The molecule has 0 heterocycles. The number of rotatable bonds is 7. The summed E-state index contributed by atoms with van der Waals surface area (Å²) in [4.78, 5) is 0. The van der Waals surface area contributed by atoms with Gasteiger partial charge in [-0.3, -0.25) is 0 Å². The predicted molar refractivity (Wildman–Crippen MR) is 111 cm³/mol. The van der Waals surface area contributed by atoms with Crippen LogP contribution < -0.4 is 9.47 Å². The molecule has 2 rings (SSSR count). The minimum atomic E-state index is -0.275. The summed E-state index contributed by atoms with van der Waals surface area (Å²) in [5.74, 6) is 0.0206. The van der Waals surface area contributed by atoms with Crippen molar-refractivity contribution in [3.63, 3.8) is 0 Å². The lowest BCUT2D eigenvalue weighted by atomic mass is 10.1. The van der Waals surface area contributed by atoms with Crippen molar-refractivity contribution in [2.75, 3.05) is 7.11 Å². The molecule has 0 saturated heterocycles. The molecule has 0 fully saturated rings. The maximum atomic E-state index is 10.3. The Hall–Kier alpha value is -1.20. The van der Waals surface area contributed by atoms with Gasteiger partial charge in [0, 0.05) is 5.56 Å². The molecule has 0 aromatic heterocycles. The van der Waals surface area contributed by atoms with Crippen LogP contribution in [-0.2, 0) is 12.8 Å². The molecule has 0 amide bonds. The van der Waals surface area contributed by atoms with Gasteiger partial charge in [0.05, 0.1) is 17.2 Å². The smallest absolute Gasteiger partial charge is 0.184 e. The normalized spacial score (nSPS) is 10.9. The standard InChI is InChI=1S/C19H20Cl4O4/c1-4-6-9-8-11(14(22)16(24)12(9)20)27-18-10(7-5-2)13(21)17(25)15(23)19(18)26-3/h8,24-25H,4-7H2,1-3H3. The maximum Gasteiger partial charge on any atom is 0.184 e. The molecule has 0 radical (unpaired) electrons. The van der Waals surface area contributed by atoms with Crippen LogP contribution in [0.4, 0.5) is 0 Å². The van der Waals surface area contributed by atoms with Crippen molar-refractivity contribution in [1.29, 1.82) is 0 Å². The highest BCUT2D eigenvalue weighted by molar-refractivity contribution is 6.39. The Labute approximate surface area is 178 Å². The van der Waals surface area contributed by atoms with Gasteiger partial charge in [-0.25, -0.2) is 0 Å². The average Bonchev–Trinajstić information content (AvgIpc) is 2.65. The Balaban J connectivity index is 2.70. The fourth-order valence-electron chi connectivity index (χ4n) is 2.73. The third-order valence-electron chi connectivity index (χ3n) is 4.02. The molecule has 0 saturated carbocycles. The van der Waals surface area contributed by atoms with E-state index in [-0.39, 0.29) is 48.8 Å². The molecular weight excluding hydrogens is 434 g/mol. The Morgan fingerprint density at radius 3 is 1.96 bits per heavy atom. The largest absolute Gasteiger partial charge is 0.505 e. The first-order chi connectivity index (χ1) is 12.8. The minimum Gasteiger partial charge on any atom is -0.505 e. The highest BCUT2D eigenvalue weighted by Gasteiger charge is 2.26. The van der Waals surface area contributed by atoms with Crippen molar-refractivity contribution in [1.82, 2.24) is 0 Å². The molecule has 0 atom stereocenters. The van der Waals surface area contributed by atoms with E-state index in [1.165, 1.54) is 7.11 Å². The minimum absolute atomic E-state index is 0.0373. The van der Waals surface area contributed by atoms with Crippen molar-refractivity contribution >= 4 is 46.4 Å². The molecule has 148 valence electrons. The van der Waals surface area contributed by atoms with Gasteiger partial charge < -0.3 is 19.7 Å². The van der Waals surface area contributed by atoms with Gasteiger partial charge >= 0.3 is 0 Å². The van der Waals surface area contributed by atoms with E-state index in [4.69, 9.17) is 55.9 Å². The third-order valence-corrected chi connectivity index (χ3v) is 5.56. The molecule has 0 unspecified atom stereocenters. The molecule has 8 heteroatoms. The lowest BCUT2D eigenvalue weighted by molar-refractivity contribution is 0.370. The van der Waals surface area contributed by atoms with Crippen molar-refractivity contribution < 1.29 is 19.7 Å². The lowest BCUT2D eigenvalue weighted by Crippen LogP contribution is -2.00. The molecule has 0 spiro atoms. The second-order valence-electron chi connectivity index (χ2n) is 5.93. The Bertz CT molecular complexity index is 853. The summed E-state index contributed by atoms with van der Waals surface area (Å²) in [7, 11) is 1.40. The first-order valence-electron chi connectivity index (χ1n) is 8.42. The fraction of sp³-hybridized carbons (Fsp3) is 0.368. The van der Waals surface area contributed by atoms with Gasteiger partial charge in [0.25, 0.3) is 0 Å². The molecule has 0 bridgehead atoms. The number of benzene rings is 2. The van der Waals surface area contributed by atoms with Crippen molar-refractivity contribution in [2.24, 2.45) is 0 Å². The molecule has 2 aromatic rings. The van der Waals surface area contributed by atoms with Crippen LogP contribution in [0.25, 0.3) is 0 Å². The number of aryl methyl sites for hydroxylation is 1. The Kier molecular flexibility index (Phi) is 7.64. The summed E-state index contributed by atoms with van der Waals surface area (Å²) >= 11 is 24.9. The topological polar surface area (TPSA) is 58.9 Å². The number of phenolic OH excluding ortho intramolecular Hbond substituents is 2. The quantitative estimate of drug-likeness (QED) is 0.457. The van der Waals surface area contributed by atoms with E-state index in [2.05, 4.69) is 0 Å². The van der Waals surface area contributed by atoms with Crippen LogP contribution >= 0.6 is 46.4 Å². The summed E-state index contributed by atoms with van der Waals surface area (Å²) in [6.45, 7) is 3.95. The SMILES string of the molecule is CCCc1cc(Oc2c(CCC)c(Cl)c(O)c(Cl)c2OC)c(Cl)c(O)c1Cl. The monoisotopic (exact) mass is 452 g/mol. The van der Waals surface area contributed by atoms with E-state index in [1.54, 1.807) is 6.07 Å². The third kappa shape index (κ3) is 4.29. The number of hydrogen-bond acceptors (Lipinski definition) is 4. The van der Waals surface area contributed by atoms with E-state index in [0.29, 0.717) is 24.0 Å². The zero-order chi connectivity index (χ0) is 20.3. The maximum absolute atomic E-state index is 10.3. The molecule has 4 nitrogen and oxygen atoms in total. The van der Waals surface area contributed by atoms with Gasteiger partial charge in [-0.05, 0) is 24.5 Å². The van der Waals surface area contributed by atoms with Crippen LogP contribution in [0.2, 0.25) is 20.1 Å². The zero-order valence-corrected chi connectivity index (χ0v) is 18.2. The number of phenols is 2. The average molecular weight is 454 g/mol.